The quantitative estimate of drug-likeness (QED) is 0.354. The van der Waals surface area contributed by atoms with Crippen LogP contribution in [0.5, 0.6) is 17.2 Å². The monoisotopic (exact) mass is 625 g/mol. The second-order valence-corrected chi connectivity index (χ2v) is 11.5. The highest BCUT2D eigenvalue weighted by Crippen LogP contribution is 2.28. The molecule has 238 valence electrons. The predicted molar refractivity (Wildman–Crippen MR) is 169 cm³/mol. The van der Waals surface area contributed by atoms with Gasteiger partial charge in [0.15, 0.2) is 6.61 Å². The number of amides is 3. The van der Waals surface area contributed by atoms with Crippen LogP contribution in [-0.2, 0) is 22.7 Å². The summed E-state index contributed by atoms with van der Waals surface area (Å²) in [6.45, 7) is 3.89. The van der Waals surface area contributed by atoms with Gasteiger partial charge in [-0.25, -0.2) is 4.68 Å². The van der Waals surface area contributed by atoms with E-state index in [-0.39, 0.29) is 49.5 Å². The molecule has 12 nitrogen and oxygen atoms in total. The Hall–Kier alpha value is -5.39. The third-order valence-electron chi connectivity index (χ3n) is 8.39. The van der Waals surface area contributed by atoms with Crippen molar-refractivity contribution < 1.29 is 28.6 Å². The summed E-state index contributed by atoms with van der Waals surface area (Å²) in [5.41, 5.74) is 2.17. The van der Waals surface area contributed by atoms with Crippen LogP contribution in [0.4, 0.5) is 0 Å². The van der Waals surface area contributed by atoms with Crippen LogP contribution in [0.3, 0.4) is 0 Å². The van der Waals surface area contributed by atoms with E-state index in [1.54, 1.807) is 54.3 Å². The minimum Gasteiger partial charge on any atom is -0.496 e. The average molecular weight is 626 g/mol. The summed E-state index contributed by atoms with van der Waals surface area (Å²) in [6.07, 6.45) is -0.0677. The second kappa shape index (κ2) is 12.9. The largest absolute Gasteiger partial charge is 0.496 e. The topological polar surface area (TPSA) is 141 Å². The minimum atomic E-state index is -0.594. The molecule has 0 spiro atoms. The van der Waals surface area contributed by atoms with E-state index in [1.165, 1.54) is 11.8 Å². The minimum absolute atomic E-state index is 0.152. The van der Waals surface area contributed by atoms with Crippen molar-refractivity contribution >= 4 is 28.5 Å². The predicted octanol–water partition coefficient (Wildman–Crippen LogP) is 2.51. The van der Waals surface area contributed by atoms with Crippen LogP contribution < -0.4 is 30.4 Å². The first kappa shape index (κ1) is 30.6. The number of benzene rings is 3. The van der Waals surface area contributed by atoms with Gasteiger partial charge in [0.1, 0.15) is 29.9 Å². The number of hydrogen-bond donors (Lipinski definition) is 2. The van der Waals surface area contributed by atoms with E-state index in [1.807, 2.05) is 25.1 Å². The van der Waals surface area contributed by atoms with Crippen LogP contribution in [0.15, 0.2) is 65.5 Å². The zero-order chi connectivity index (χ0) is 32.4. The van der Waals surface area contributed by atoms with Gasteiger partial charge >= 0.3 is 0 Å². The van der Waals surface area contributed by atoms with Crippen molar-refractivity contribution in [2.45, 2.75) is 45.5 Å². The normalized spacial score (nSPS) is 18.5. The molecule has 1 aromatic heterocycles. The van der Waals surface area contributed by atoms with Crippen molar-refractivity contribution in [2.75, 3.05) is 26.8 Å². The van der Waals surface area contributed by atoms with E-state index in [4.69, 9.17) is 14.2 Å². The van der Waals surface area contributed by atoms with Gasteiger partial charge in [-0.3, -0.25) is 19.2 Å². The summed E-state index contributed by atoms with van der Waals surface area (Å²) in [5.74, 6) is 0.446. The maximum Gasteiger partial charge on any atom is 0.275 e. The summed E-state index contributed by atoms with van der Waals surface area (Å²) in [5, 5.41) is 11.5. The molecular weight excluding hydrogens is 590 g/mol. The Labute approximate surface area is 265 Å². The van der Waals surface area contributed by atoms with Crippen LogP contribution in [0.1, 0.15) is 33.6 Å². The van der Waals surface area contributed by atoms with E-state index in [9.17, 15) is 19.2 Å². The van der Waals surface area contributed by atoms with Gasteiger partial charge in [-0.2, -0.15) is 5.10 Å². The lowest BCUT2D eigenvalue weighted by molar-refractivity contribution is -0.134. The molecule has 4 heterocycles. The molecule has 0 aliphatic carbocycles. The third-order valence-corrected chi connectivity index (χ3v) is 8.39. The number of nitrogens with one attached hydrogen (secondary N) is 2. The van der Waals surface area contributed by atoms with Crippen molar-refractivity contribution in [1.82, 2.24) is 25.3 Å². The van der Waals surface area contributed by atoms with Crippen LogP contribution in [0, 0.1) is 13.8 Å². The molecule has 0 saturated carbocycles. The number of carbonyl (C=O) groups is 3. The molecule has 0 radical (unpaired) electrons. The van der Waals surface area contributed by atoms with Crippen LogP contribution in [-0.4, -0.2) is 71.4 Å². The first-order valence-corrected chi connectivity index (χ1v) is 15.1. The van der Waals surface area contributed by atoms with Gasteiger partial charge in [-0.05, 0) is 49.7 Å². The molecule has 1 fully saturated rings. The molecule has 3 amide bonds. The van der Waals surface area contributed by atoms with E-state index in [2.05, 4.69) is 15.7 Å². The number of aryl methyl sites for hydroxylation is 2. The average Bonchev–Trinajstić information content (AvgIpc) is 3.06. The third kappa shape index (κ3) is 6.37. The molecule has 2 N–H and O–H groups in total. The van der Waals surface area contributed by atoms with Crippen LogP contribution >= 0.6 is 0 Å². The van der Waals surface area contributed by atoms with Crippen LogP contribution in [0.2, 0.25) is 0 Å². The summed E-state index contributed by atoms with van der Waals surface area (Å²) in [6, 6.07) is 16.9. The van der Waals surface area contributed by atoms with E-state index in [0.29, 0.717) is 46.9 Å². The number of likely N-dealkylation sites (tertiary alicyclic amines) is 1. The molecule has 46 heavy (non-hydrogen) atoms. The Morgan fingerprint density at radius 3 is 2.65 bits per heavy atom. The number of nitrogens with zero attached hydrogens (tertiary/aromatic N) is 3. The van der Waals surface area contributed by atoms with Gasteiger partial charge in [-0.1, -0.05) is 24.3 Å². The number of methoxy groups -OCH3 is 1. The number of hydrogen-bond acceptors (Lipinski definition) is 8. The molecular formula is C34H35N5O7. The molecule has 4 aromatic rings. The zero-order valence-electron chi connectivity index (χ0n) is 25.9. The SMILES string of the molecule is COc1cc2ccc1CNC(=O)COc1cc(ccc1C)C(=O)N[C@H]1CN(C(=O)Cn3nc(C)c4ccccc4c3=O)CC[C@H]1O2. The first-order valence-electron chi connectivity index (χ1n) is 15.1. The highest BCUT2D eigenvalue weighted by molar-refractivity contribution is 5.95. The number of aromatic nitrogens is 2. The summed E-state index contributed by atoms with van der Waals surface area (Å²) in [7, 11) is 1.54. The molecule has 0 unspecified atom stereocenters. The van der Waals surface area contributed by atoms with E-state index in [0.717, 1.165) is 16.5 Å². The number of ether oxygens (including phenoxy) is 3. The summed E-state index contributed by atoms with van der Waals surface area (Å²) >= 11 is 0. The lowest BCUT2D eigenvalue weighted by Crippen LogP contribution is -2.58. The summed E-state index contributed by atoms with van der Waals surface area (Å²) < 4.78 is 18.9. The van der Waals surface area contributed by atoms with Crippen molar-refractivity contribution in [2.24, 2.45) is 0 Å². The standard InChI is InChI=1S/C34H35N5O7/c1-20-8-9-22-14-29(20)45-19-31(40)35-16-23-10-11-24(15-30(23)44-3)46-28-12-13-38(17-27(28)36-33(22)42)32(41)18-39-34(43)26-7-5-4-6-25(26)21(2)37-39/h4-11,14-15,27-28H,12-13,16-19H2,1-3H3,(H,35,40)(H,36,42)/t27-,28+/m0/s1. The highest BCUT2D eigenvalue weighted by Gasteiger charge is 2.35. The fourth-order valence-corrected chi connectivity index (χ4v) is 5.83. The smallest absolute Gasteiger partial charge is 0.275 e. The van der Waals surface area contributed by atoms with Gasteiger partial charge < -0.3 is 29.7 Å². The molecule has 3 aliphatic heterocycles. The zero-order valence-corrected chi connectivity index (χ0v) is 25.9. The van der Waals surface area contributed by atoms with Gasteiger partial charge in [0, 0.05) is 48.6 Å². The fraction of sp³-hybridized carbons (Fsp3) is 0.324. The lowest BCUT2D eigenvalue weighted by Gasteiger charge is -2.39. The van der Waals surface area contributed by atoms with E-state index < -0.39 is 12.1 Å². The Bertz CT molecular complexity index is 1890. The summed E-state index contributed by atoms with van der Waals surface area (Å²) in [4.78, 5) is 54.5. The van der Waals surface area contributed by atoms with Gasteiger partial charge in [0.25, 0.3) is 17.4 Å². The molecule has 3 aromatic carbocycles. The van der Waals surface area contributed by atoms with Crippen molar-refractivity contribution in [1.29, 1.82) is 0 Å². The Balaban J connectivity index is 1.29. The maximum absolute atomic E-state index is 13.6. The van der Waals surface area contributed by atoms with E-state index >= 15 is 0 Å². The second-order valence-electron chi connectivity index (χ2n) is 11.5. The van der Waals surface area contributed by atoms with Crippen molar-refractivity contribution in [3.05, 3.63) is 93.4 Å². The Morgan fingerprint density at radius 2 is 1.85 bits per heavy atom. The fourth-order valence-electron chi connectivity index (χ4n) is 5.83. The van der Waals surface area contributed by atoms with Gasteiger partial charge in [-0.15, -0.1) is 0 Å². The van der Waals surface area contributed by atoms with Crippen molar-refractivity contribution in [3.63, 3.8) is 0 Å². The number of fused-ring (bicyclic) bond motifs is 8. The van der Waals surface area contributed by atoms with Gasteiger partial charge in [0.05, 0.1) is 24.2 Å². The Kier molecular flexibility index (Phi) is 8.60. The number of carbonyl (C=O) groups excluding carboxylic acids is 3. The molecule has 1 saturated heterocycles. The first-order chi connectivity index (χ1) is 22.2. The maximum atomic E-state index is 13.6. The molecule has 7 rings (SSSR count). The Morgan fingerprint density at radius 1 is 1.04 bits per heavy atom. The molecule has 12 heteroatoms. The van der Waals surface area contributed by atoms with Crippen LogP contribution in [0.25, 0.3) is 10.8 Å². The molecule has 3 aliphatic rings. The molecule has 4 bridgehead atoms. The van der Waals surface area contributed by atoms with Crippen molar-refractivity contribution in [3.8, 4) is 17.2 Å². The molecule has 2 atom stereocenters. The van der Waals surface area contributed by atoms with Gasteiger partial charge in [0.2, 0.25) is 5.91 Å². The lowest BCUT2D eigenvalue weighted by atomic mass is 10.0. The number of piperidine rings is 1. The number of rotatable bonds is 3. The highest BCUT2D eigenvalue weighted by atomic mass is 16.5.